The Balaban J connectivity index is 2.29. The van der Waals surface area contributed by atoms with Gasteiger partial charge in [-0.05, 0) is 6.42 Å². The summed E-state index contributed by atoms with van der Waals surface area (Å²) in [5, 5.41) is 3.04. The molecule has 0 radical (unpaired) electrons. The fourth-order valence-electron chi connectivity index (χ4n) is 1.62. The summed E-state index contributed by atoms with van der Waals surface area (Å²) >= 11 is 1.64. The van der Waals surface area contributed by atoms with Crippen LogP contribution in [0.15, 0.2) is 17.9 Å². The second kappa shape index (κ2) is 5.03. The van der Waals surface area contributed by atoms with Gasteiger partial charge < -0.3 is 5.73 Å². The lowest BCUT2D eigenvalue weighted by molar-refractivity contribution is 0.870. The molecule has 4 nitrogen and oxygen atoms in total. The third-order valence-corrected chi connectivity index (χ3v) is 3.15. The van der Waals surface area contributed by atoms with Crippen LogP contribution in [0.2, 0.25) is 0 Å². The quantitative estimate of drug-likeness (QED) is 0.879. The van der Waals surface area contributed by atoms with Crippen LogP contribution < -0.4 is 5.73 Å². The van der Waals surface area contributed by atoms with Crippen molar-refractivity contribution in [2.24, 2.45) is 0 Å². The normalized spacial score (nSPS) is 10.6. The molecule has 0 unspecified atom stereocenters. The summed E-state index contributed by atoms with van der Waals surface area (Å²) < 4.78 is 0. The average Bonchev–Trinajstić information content (AvgIpc) is 2.76. The first-order valence-corrected chi connectivity index (χ1v) is 6.15. The zero-order valence-corrected chi connectivity index (χ0v) is 10.00. The first-order chi connectivity index (χ1) is 7.81. The third kappa shape index (κ3) is 2.36. The van der Waals surface area contributed by atoms with Gasteiger partial charge >= 0.3 is 0 Å². The number of aromatic nitrogens is 3. The van der Waals surface area contributed by atoms with Crippen molar-refractivity contribution in [1.82, 2.24) is 15.0 Å². The van der Waals surface area contributed by atoms with E-state index in [2.05, 4.69) is 21.9 Å². The predicted octanol–water partition coefficient (Wildman–Crippen LogP) is 2.06. The SMILES string of the molecule is CCCc1c(N)ncnc1Cc1nccs1. The number of nitrogens with zero attached hydrogens (tertiary/aromatic N) is 3. The number of rotatable bonds is 4. The van der Waals surface area contributed by atoms with Crippen molar-refractivity contribution in [3.63, 3.8) is 0 Å². The van der Waals surface area contributed by atoms with Crippen molar-refractivity contribution in [2.45, 2.75) is 26.2 Å². The van der Waals surface area contributed by atoms with Gasteiger partial charge in [-0.1, -0.05) is 13.3 Å². The maximum absolute atomic E-state index is 5.87. The number of anilines is 1. The van der Waals surface area contributed by atoms with E-state index in [-0.39, 0.29) is 0 Å². The Labute approximate surface area is 98.6 Å². The molecule has 84 valence electrons. The standard InChI is InChI=1S/C11H14N4S/c1-2-3-8-9(14-7-15-11(8)12)6-10-13-4-5-16-10/h4-5,7H,2-3,6H2,1H3,(H2,12,14,15). The zero-order valence-electron chi connectivity index (χ0n) is 9.18. The summed E-state index contributed by atoms with van der Waals surface area (Å²) in [4.78, 5) is 12.6. The van der Waals surface area contributed by atoms with E-state index < -0.39 is 0 Å². The van der Waals surface area contributed by atoms with Crippen LogP contribution in [0.4, 0.5) is 5.82 Å². The molecule has 0 aliphatic carbocycles. The molecule has 2 heterocycles. The van der Waals surface area contributed by atoms with Gasteiger partial charge in [-0.2, -0.15) is 0 Å². The Kier molecular flexibility index (Phi) is 3.46. The molecule has 5 heteroatoms. The van der Waals surface area contributed by atoms with Gasteiger partial charge in [0.1, 0.15) is 12.1 Å². The summed E-state index contributed by atoms with van der Waals surface area (Å²) in [6.45, 7) is 2.12. The van der Waals surface area contributed by atoms with E-state index in [1.165, 1.54) is 6.33 Å². The second-order valence-electron chi connectivity index (χ2n) is 3.54. The lowest BCUT2D eigenvalue weighted by Crippen LogP contribution is -2.05. The summed E-state index contributed by atoms with van der Waals surface area (Å²) in [6, 6.07) is 0. The van der Waals surface area contributed by atoms with Crippen molar-refractivity contribution < 1.29 is 0 Å². The van der Waals surface area contributed by atoms with E-state index in [1.54, 1.807) is 11.3 Å². The van der Waals surface area contributed by atoms with E-state index in [4.69, 9.17) is 5.73 Å². The van der Waals surface area contributed by atoms with Gasteiger partial charge in [-0.25, -0.2) is 15.0 Å². The molecule has 2 N–H and O–H groups in total. The molecule has 2 rings (SSSR count). The van der Waals surface area contributed by atoms with Crippen LogP contribution in [0.3, 0.4) is 0 Å². The highest BCUT2D eigenvalue weighted by molar-refractivity contribution is 7.09. The van der Waals surface area contributed by atoms with Crippen molar-refractivity contribution >= 4 is 17.2 Å². The Hall–Kier alpha value is -1.49. The molecule has 0 aliphatic heterocycles. The third-order valence-electron chi connectivity index (χ3n) is 2.37. The number of hydrogen-bond acceptors (Lipinski definition) is 5. The van der Waals surface area contributed by atoms with E-state index in [0.717, 1.165) is 35.5 Å². The van der Waals surface area contributed by atoms with Gasteiger partial charge in [0.2, 0.25) is 0 Å². The smallest absolute Gasteiger partial charge is 0.130 e. The number of nitrogen functional groups attached to an aromatic ring is 1. The molecule has 0 saturated carbocycles. The minimum Gasteiger partial charge on any atom is -0.383 e. The topological polar surface area (TPSA) is 64.7 Å². The van der Waals surface area contributed by atoms with Crippen molar-refractivity contribution in [3.8, 4) is 0 Å². The van der Waals surface area contributed by atoms with Crippen molar-refractivity contribution in [2.75, 3.05) is 5.73 Å². The van der Waals surface area contributed by atoms with E-state index in [9.17, 15) is 0 Å². The number of nitrogens with two attached hydrogens (primary N) is 1. The predicted molar refractivity (Wildman–Crippen MR) is 65.4 cm³/mol. The summed E-state index contributed by atoms with van der Waals surface area (Å²) in [6.07, 6.45) is 6.05. The van der Waals surface area contributed by atoms with Gasteiger partial charge in [-0.3, -0.25) is 0 Å². The summed E-state index contributed by atoms with van der Waals surface area (Å²) in [7, 11) is 0. The maximum Gasteiger partial charge on any atom is 0.130 e. The van der Waals surface area contributed by atoms with Crippen molar-refractivity contribution in [1.29, 1.82) is 0 Å². The highest BCUT2D eigenvalue weighted by atomic mass is 32.1. The van der Waals surface area contributed by atoms with Gasteiger partial charge in [0.25, 0.3) is 0 Å². The fourth-order valence-corrected chi connectivity index (χ4v) is 2.24. The average molecular weight is 234 g/mol. The van der Waals surface area contributed by atoms with Gasteiger partial charge in [0.05, 0.1) is 10.7 Å². The maximum atomic E-state index is 5.87. The molecule has 2 aromatic heterocycles. The second-order valence-corrected chi connectivity index (χ2v) is 4.52. The molecule has 0 aromatic carbocycles. The molecule has 0 fully saturated rings. The van der Waals surface area contributed by atoms with E-state index in [1.807, 2.05) is 11.6 Å². The van der Waals surface area contributed by atoms with Gasteiger partial charge in [0.15, 0.2) is 0 Å². The van der Waals surface area contributed by atoms with Crippen LogP contribution in [-0.4, -0.2) is 15.0 Å². The Bertz CT molecular complexity index is 453. The Morgan fingerprint density at radius 3 is 2.88 bits per heavy atom. The first-order valence-electron chi connectivity index (χ1n) is 5.28. The van der Waals surface area contributed by atoms with Crippen LogP contribution >= 0.6 is 11.3 Å². The number of thiazole rings is 1. The lowest BCUT2D eigenvalue weighted by atomic mass is 10.1. The summed E-state index contributed by atoms with van der Waals surface area (Å²) in [5.74, 6) is 0.600. The molecular weight excluding hydrogens is 220 g/mol. The minimum atomic E-state index is 0.600. The zero-order chi connectivity index (χ0) is 11.4. The monoisotopic (exact) mass is 234 g/mol. The van der Waals surface area contributed by atoms with E-state index >= 15 is 0 Å². The molecule has 0 atom stereocenters. The molecule has 0 bridgehead atoms. The molecule has 2 aromatic rings. The molecule has 0 amide bonds. The highest BCUT2D eigenvalue weighted by Gasteiger charge is 2.09. The molecule has 0 aliphatic rings. The van der Waals surface area contributed by atoms with Crippen molar-refractivity contribution in [3.05, 3.63) is 34.2 Å². The van der Waals surface area contributed by atoms with Gasteiger partial charge in [-0.15, -0.1) is 11.3 Å². The fraction of sp³-hybridized carbons (Fsp3) is 0.364. The Morgan fingerprint density at radius 1 is 1.31 bits per heavy atom. The largest absolute Gasteiger partial charge is 0.383 e. The van der Waals surface area contributed by atoms with Crippen LogP contribution in [0.1, 0.15) is 29.6 Å². The Morgan fingerprint density at radius 2 is 2.19 bits per heavy atom. The molecular formula is C11H14N4S. The van der Waals surface area contributed by atoms with Crippen LogP contribution in [0, 0.1) is 0 Å². The first kappa shape index (κ1) is 11.0. The lowest BCUT2D eigenvalue weighted by Gasteiger charge is -2.08. The minimum absolute atomic E-state index is 0.600. The van der Waals surface area contributed by atoms with E-state index in [0.29, 0.717) is 5.82 Å². The molecule has 16 heavy (non-hydrogen) atoms. The highest BCUT2D eigenvalue weighted by Crippen LogP contribution is 2.18. The summed E-state index contributed by atoms with van der Waals surface area (Å²) in [5.41, 5.74) is 7.94. The molecule has 0 saturated heterocycles. The van der Waals surface area contributed by atoms with Gasteiger partial charge in [0, 0.05) is 23.6 Å². The van der Waals surface area contributed by atoms with Crippen LogP contribution in [-0.2, 0) is 12.8 Å². The molecule has 0 spiro atoms. The van der Waals surface area contributed by atoms with Crippen LogP contribution in [0.25, 0.3) is 0 Å². The number of hydrogen-bond donors (Lipinski definition) is 1. The van der Waals surface area contributed by atoms with Crippen LogP contribution in [0.5, 0.6) is 0 Å².